The Morgan fingerprint density at radius 3 is 2.64 bits per heavy atom. The van der Waals surface area contributed by atoms with Gasteiger partial charge < -0.3 is 10.0 Å². The maximum absolute atomic E-state index is 12.8. The fourth-order valence-electron chi connectivity index (χ4n) is 3.81. The summed E-state index contributed by atoms with van der Waals surface area (Å²) in [5, 5.41) is 10.8. The smallest absolute Gasteiger partial charge is 0.255 e. The molecule has 0 aliphatic carbocycles. The minimum Gasteiger partial charge on any atom is -0.387 e. The first-order valence-electron chi connectivity index (χ1n) is 9.69. The molecule has 6 heteroatoms. The molecule has 3 heterocycles. The van der Waals surface area contributed by atoms with Crippen LogP contribution in [0.25, 0.3) is 11.3 Å². The van der Waals surface area contributed by atoms with Gasteiger partial charge in [-0.25, -0.2) is 4.98 Å². The normalized spacial score (nSPS) is 17.2. The van der Waals surface area contributed by atoms with Gasteiger partial charge in [-0.2, -0.15) is 0 Å². The molecule has 1 aliphatic rings. The number of nitrogens with zero attached hydrogens (tertiary/aromatic N) is 4. The molecule has 0 bridgehead atoms. The highest BCUT2D eigenvalue weighted by Crippen LogP contribution is 2.28. The minimum absolute atomic E-state index is 0.0643. The summed E-state index contributed by atoms with van der Waals surface area (Å²) in [6, 6.07) is 15.1. The van der Waals surface area contributed by atoms with E-state index in [1.165, 1.54) is 0 Å². The Balaban J connectivity index is 1.74. The third-order valence-electron chi connectivity index (χ3n) is 5.37. The Kier molecular flexibility index (Phi) is 5.21. The summed E-state index contributed by atoms with van der Waals surface area (Å²) in [6.45, 7) is 3.18. The number of rotatable bonds is 5. The number of hydrogen-bond donors (Lipinski definition) is 1. The molecule has 1 N–H and O–H groups in total. The molecule has 28 heavy (non-hydrogen) atoms. The van der Waals surface area contributed by atoms with Gasteiger partial charge in [-0.1, -0.05) is 37.3 Å². The first kappa shape index (κ1) is 18.4. The molecular weight excluding hydrogens is 352 g/mol. The van der Waals surface area contributed by atoms with Gasteiger partial charge in [-0.05, 0) is 30.5 Å². The van der Waals surface area contributed by atoms with Crippen LogP contribution in [0.3, 0.4) is 0 Å². The number of aliphatic hydroxyl groups is 1. The molecular formula is C22H24N4O2. The molecule has 6 nitrogen and oxygen atoms in total. The van der Waals surface area contributed by atoms with Gasteiger partial charge in [-0.3, -0.25) is 14.3 Å². The van der Waals surface area contributed by atoms with Crippen LogP contribution in [-0.4, -0.2) is 32.2 Å². The van der Waals surface area contributed by atoms with Crippen LogP contribution in [-0.2, 0) is 6.54 Å². The fraction of sp³-hybridized carbons (Fsp3) is 0.318. The third kappa shape index (κ3) is 3.55. The standard InChI is InChI=1S/C22H24N4O2/c1-2-18-10-13-25-21(28)14-19(16-8-11-23-12-9-16)24-22(25)26(18)15-20(27)17-6-4-3-5-7-17/h3-9,11-12,14,18,20,27H,2,10,13,15H2,1H3. The lowest BCUT2D eigenvalue weighted by atomic mass is 10.0. The van der Waals surface area contributed by atoms with Gasteiger partial charge in [0.2, 0.25) is 5.95 Å². The zero-order chi connectivity index (χ0) is 19.5. The Hall–Kier alpha value is -2.99. The first-order valence-corrected chi connectivity index (χ1v) is 9.69. The number of β-amino-alcohol motifs (C(OH)–C–C–N with tert-alkyl or cyclic N) is 1. The second-order valence-corrected chi connectivity index (χ2v) is 7.10. The van der Waals surface area contributed by atoms with Crippen LogP contribution in [0.2, 0.25) is 0 Å². The lowest BCUT2D eigenvalue weighted by Gasteiger charge is -2.39. The number of benzene rings is 1. The van der Waals surface area contributed by atoms with Crippen LogP contribution in [0, 0.1) is 0 Å². The van der Waals surface area contributed by atoms with Crippen LogP contribution >= 0.6 is 0 Å². The Bertz CT molecular complexity index is 988. The van der Waals surface area contributed by atoms with E-state index in [9.17, 15) is 9.90 Å². The summed E-state index contributed by atoms with van der Waals surface area (Å²) in [5.41, 5.74) is 2.29. The van der Waals surface area contributed by atoms with Crippen molar-refractivity contribution in [3.8, 4) is 11.3 Å². The molecule has 144 valence electrons. The van der Waals surface area contributed by atoms with Gasteiger partial charge in [0.05, 0.1) is 18.3 Å². The molecule has 0 spiro atoms. The Labute approximate surface area is 164 Å². The van der Waals surface area contributed by atoms with Crippen molar-refractivity contribution in [2.45, 2.75) is 38.5 Å². The monoisotopic (exact) mass is 376 g/mol. The highest BCUT2D eigenvalue weighted by Gasteiger charge is 2.29. The average molecular weight is 376 g/mol. The molecule has 0 fully saturated rings. The van der Waals surface area contributed by atoms with Gasteiger partial charge in [0.25, 0.3) is 5.56 Å². The van der Waals surface area contributed by atoms with Crippen molar-refractivity contribution in [2.24, 2.45) is 0 Å². The first-order chi connectivity index (χ1) is 13.7. The molecule has 1 aliphatic heterocycles. The molecule has 2 unspecified atom stereocenters. The zero-order valence-corrected chi connectivity index (χ0v) is 15.9. The van der Waals surface area contributed by atoms with Crippen LogP contribution in [0.15, 0.2) is 65.7 Å². The summed E-state index contributed by atoms with van der Waals surface area (Å²) in [7, 11) is 0. The van der Waals surface area contributed by atoms with E-state index >= 15 is 0 Å². The Morgan fingerprint density at radius 1 is 1.18 bits per heavy atom. The van der Waals surface area contributed by atoms with E-state index in [2.05, 4.69) is 16.8 Å². The number of aromatic nitrogens is 3. The minimum atomic E-state index is -0.650. The highest BCUT2D eigenvalue weighted by atomic mass is 16.3. The highest BCUT2D eigenvalue weighted by molar-refractivity contribution is 5.59. The van der Waals surface area contributed by atoms with Crippen LogP contribution in [0.5, 0.6) is 0 Å². The summed E-state index contributed by atoms with van der Waals surface area (Å²) in [6.07, 6.45) is 4.53. The second kappa shape index (κ2) is 7.94. The van der Waals surface area contributed by atoms with E-state index < -0.39 is 6.10 Å². The van der Waals surface area contributed by atoms with Crippen molar-refractivity contribution in [1.29, 1.82) is 0 Å². The number of anilines is 1. The van der Waals surface area contributed by atoms with Gasteiger partial charge in [0, 0.05) is 36.6 Å². The third-order valence-corrected chi connectivity index (χ3v) is 5.37. The average Bonchev–Trinajstić information content (AvgIpc) is 2.75. The van der Waals surface area contributed by atoms with E-state index in [0.717, 1.165) is 24.0 Å². The summed E-state index contributed by atoms with van der Waals surface area (Å²) in [5.74, 6) is 0.632. The maximum Gasteiger partial charge on any atom is 0.255 e. The van der Waals surface area contributed by atoms with Crippen molar-refractivity contribution in [3.05, 3.63) is 76.8 Å². The van der Waals surface area contributed by atoms with Crippen molar-refractivity contribution < 1.29 is 5.11 Å². The van der Waals surface area contributed by atoms with Crippen LogP contribution in [0.1, 0.15) is 31.4 Å². The lowest BCUT2D eigenvalue weighted by Crippen LogP contribution is -2.47. The molecule has 2 aromatic heterocycles. The van der Waals surface area contributed by atoms with Crippen LogP contribution < -0.4 is 10.5 Å². The Morgan fingerprint density at radius 2 is 1.93 bits per heavy atom. The number of aliphatic hydroxyl groups excluding tert-OH is 1. The number of hydrogen-bond acceptors (Lipinski definition) is 5. The quantitative estimate of drug-likeness (QED) is 0.741. The lowest BCUT2D eigenvalue weighted by molar-refractivity contribution is 0.176. The van der Waals surface area contributed by atoms with Crippen molar-refractivity contribution >= 4 is 5.95 Å². The van der Waals surface area contributed by atoms with E-state index in [-0.39, 0.29) is 11.6 Å². The largest absolute Gasteiger partial charge is 0.387 e. The van der Waals surface area contributed by atoms with Gasteiger partial charge in [0.15, 0.2) is 0 Å². The molecule has 0 radical (unpaired) electrons. The molecule has 4 rings (SSSR count). The van der Waals surface area contributed by atoms with E-state index in [4.69, 9.17) is 4.98 Å². The topological polar surface area (TPSA) is 71.2 Å². The van der Waals surface area contributed by atoms with E-state index in [0.29, 0.717) is 24.7 Å². The SMILES string of the molecule is CCC1CCn2c(nc(-c3ccncc3)cc2=O)N1CC(O)c1ccccc1. The van der Waals surface area contributed by atoms with Crippen molar-refractivity contribution in [2.75, 3.05) is 11.4 Å². The summed E-state index contributed by atoms with van der Waals surface area (Å²) < 4.78 is 1.72. The predicted octanol–water partition coefficient (Wildman–Crippen LogP) is 3.03. The van der Waals surface area contributed by atoms with Crippen molar-refractivity contribution in [1.82, 2.24) is 14.5 Å². The molecule has 0 amide bonds. The summed E-state index contributed by atoms with van der Waals surface area (Å²) >= 11 is 0. The van der Waals surface area contributed by atoms with Gasteiger partial charge in [-0.15, -0.1) is 0 Å². The number of pyridine rings is 1. The maximum atomic E-state index is 12.8. The molecule has 0 saturated carbocycles. The van der Waals surface area contributed by atoms with E-state index in [1.807, 2.05) is 42.5 Å². The molecule has 2 atom stereocenters. The number of fused-ring (bicyclic) bond motifs is 1. The van der Waals surface area contributed by atoms with Gasteiger partial charge in [0.1, 0.15) is 0 Å². The molecule has 3 aromatic rings. The zero-order valence-electron chi connectivity index (χ0n) is 15.9. The second-order valence-electron chi connectivity index (χ2n) is 7.10. The molecule has 0 saturated heterocycles. The van der Waals surface area contributed by atoms with Crippen molar-refractivity contribution in [3.63, 3.8) is 0 Å². The molecule has 1 aromatic carbocycles. The fourth-order valence-corrected chi connectivity index (χ4v) is 3.81. The summed E-state index contributed by atoms with van der Waals surface area (Å²) in [4.78, 5) is 23.7. The van der Waals surface area contributed by atoms with Gasteiger partial charge >= 0.3 is 0 Å². The van der Waals surface area contributed by atoms with E-state index in [1.54, 1.807) is 23.0 Å². The predicted molar refractivity (Wildman–Crippen MR) is 109 cm³/mol. The van der Waals surface area contributed by atoms with Crippen LogP contribution in [0.4, 0.5) is 5.95 Å².